The molecule has 0 saturated heterocycles. The highest BCUT2D eigenvalue weighted by Crippen LogP contribution is 2.22. The minimum Gasteiger partial charge on any atom is -0.496 e. The molecular weight excluding hydrogens is 260 g/mol. The number of rotatable bonds is 4. The van der Waals surface area contributed by atoms with Gasteiger partial charge in [-0.25, -0.2) is 0 Å². The summed E-state index contributed by atoms with van der Waals surface area (Å²) in [5.74, 6) is 0.367. The van der Waals surface area contributed by atoms with E-state index in [1.807, 2.05) is 6.07 Å². The maximum atomic E-state index is 11.7. The van der Waals surface area contributed by atoms with Crippen LogP contribution >= 0.6 is 15.9 Å². The van der Waals surface area contributed by atoms with Crippen molar-refractivity contribution in [1.82, 2.24) is 5.32 Å². The molecule has 0 aliphatic rings. The monoisotopic (exact) mass is 272 g/mol. The molecule has 0 fully saturated rings. The first kappa shape index (κ1) is 12.0. The van der Waals surface area contributed by atoms with Crippen LogP contribution in [0, 0.1) is 0 Å². The Morgan fingerprint density at radius 1 is 1.60 bits per heavy atom. The van der Waals surface area contributed by atoms with Gasteiger partial charge in [0.25, 0.3) is 5.91 Å². The Bertz CT molecular complexity index is 355. The normalized spacial score (nSPS) is 9.80. The highest BCUT2D eigenvalue weighted by atomic mass is 79.9. The molecule has 4 nitrogen and oxygen atoms in total. The van der Waals surface area contributed by atoms with Crippen LogP contribution in [-0.2, 0) is 0 Å². The fourth-order valence-corrected chi connectivity index (χ4v) is 1.50. The van der Waals surface area contributed by atoms with Crippen molar-refractivity contribution < 1.29 is 9.53 Å². The molecule has 0 aliphatic heterocycles. The molecule has 0 radical (unpaired) electrons. The van der Waals surface area contributed by atoms with Crippen molar-refractivity contribution in [3.8, 4) is 5.75 Å². The van der Waals surface area contributed by atoms with Gasteiger partial charge in [-0.15, -0.1) is 0 Å². The van der Waals surface area contributed by atoms with E-state index in [0.717, 1.165) is 4.47 Å². The summed E-state index contributed by atoms with van der Waals surface area (Å²) in [6.07, 6.45) is 0. The average molecular weight is 273 g/mol. The van der Waals surface area contributed by atoms with E-state index < -0.39 is 0 Å². The molecule has 5 heteroatoms. The summed E-state index contributed by atoms with van der Waals surface area (Å²) in [6, 6.07) is 5.27. The van der Waals surface area contributed by atoms with E-state index in [4.69, 9.17) is 10.5 Å². The van der Waals surface area contributed by atoms with Crippen LogP contribution in [0.1, 0.15) is 10.4 Å². The molecule has 1 aromatic carbocycles. The lowest BCUT2D eigenvalue weighted by molar-refractivity contribution is 0.0951. The van der Waals surface area contributed by atoms with E-state index in [-0.39, 0.29) is 5.91 Å². The predicted molar refractivity (Wildman–Crippen MR) is 62.1 cm³/mol. The first-order valence-electron chi connectivity index (χ1n) is 4.51. The SMILES string of the molecule is COc1ccc(Br)cc1C(=O)NCCN. The minimum absolute atomic E-state index is 0.182. The van der Waals surface area contributed by atoms with Crippen LogP contribution in [0.25, 0.3) is 0 Å². The molecule has 0 spiro atoms. The van der Waals surface area contributed by atoms with Gasteiger partial charge in [0.15, 0.2) is 0 Å². The number of ether oxygens (including phenoxy) is 1. The van der Waals surface area contributed by atoms with Crippen LogP contribution in [0.2, 0.25) is 0 Å². The van der Waals surface area contributed by atoms with Crippen LogP contribution in [0.15, 0.2) is 22.7 Å². The Morgan fingerprint density at radius 2 is 2.33 bits per heavy atom. The minimum atomic E-state index is -0.182. The van der Waals surface area contributed by atoms with Gasteiger partial charge in [-0.3, -0.25) is 4.79 Å². The summed E-state index contributed by atoms with van der Waals surface area (Å²) in [4.78, 5) is 11.7. The second kappa shape index (κ2) is 5.72. The maximum Gasteiger partial charge on any atom is 0.255 e. The maximum absolute atomic E-state index is 11.7. The van der Waals surface area contributed by atoms with Crippen LogP contribution in [-0.4, -0.2) is 26.1 Å². The van der Waals surface area contributed by atoms with E-state index >= 15 is 0 Å². The molecule has 0 heterocycles. The molecule has 15 heavy (non-hydrogen) atoms. The largest absolute Gasteiger partial charge is 0.496 e. The van der Waals surface area contributed by atoms with Crippen molar-refractivity contribution in [2.75, 3.05) is 20.2 Å². The van der Waals surface area contributed by atoms with Crippen molar-refractivity contribution in [1.29, 1.82) is 0 Å². The smallest absolute Gasteiger partial charge is 0.255 e. The molecule has 0 saturated carbocycles. The summed E-state index contributed by atoms with van der Waals surface area (Å²) >= 11 is 3.30. The molecule has 3 N–H and O–H groups in total. The van der Waals surface area contributed by atoms with Gasteiger partial charge < -0.3 is 15.8 Å². The number of carbonyl (C=O) groups excluding carboxylic acids is 1. The average Bonchev–Trinajstić information content (AvgIpc) is 2.25. The topological polar surface area (TPSA) is 64.3 Å². The molecule has 0 unspecified atom stereocenters. The van der Waals surface area contributed by atoms with Crippen molar-refractivity contribution >= 4 is 21.8 Å². The third-order valence-corrected chi connectivity index (χ3v) is 2.33. The number of halogens is 1. The van der Waals surface area contributed by atoms with Gasteiger partial charge in [-0.2, -0.15) is 0 Å². The Hall–Kier alpha value is -1.07. The summed E-state index contributed by atoms with van der Waals surface area (Å²) in [7, 11) is 1.53. The lowest BCUT2D eigenvalue weighted by atomic mass is 10.2. The van der Waals surface area contributed by atoms with E-state index in [1.165, 1.54) is 7.11 Å². The van der Waals surface area contributed by atoms with Crippen molar-refractivity contribution in [2.45, 2.75) is 0 Å². The Morgan fingerprint density at radius 3 is 2.93 bits per heavy atom. The van der Waals surface area contributed by atoms with Crippen LogP contribution < -0.4 is 15.8 Å². The Labute approximate surface area is 96.9 Å². The van der Waals surface area contributed by atoms with Crippen molar-refractivity contribution in [2.24, 2.45) is 5.73 Å². The van der Waals surface area contributed by atoms with Gasteiger partial charge in [0.05, 0.1) is 12.7 Å². The molecule has 0 aromatic heterocycles. The quantitative estimate of drug-likeness (QED) is 0.864. The summed E-state index contributed by atoms with van der Waals surface area (Å²) in [5.41, 5.74) is 5.80. The second-order valence-electron chi connectivity index (χ2n) is 2.89. The second-order valence-corrected chi connectivity index (χ2v) is 3.80. The van der Waals surface area contributed by atoms with E-state index in [2.05, 4.69) is 21.2 Å². The third kappa shape index (κ3) is 3.21. The van der Waals surface area contributed by atoms with E-state index in [0.29, 0.717) is 24.4 Å². The Balaban J connectivity index is 2.90. The highest BCUT2D eigenvalue weighted by molar-refractivity contribution is 9.10. The number of hydrogen-bond acceptors (Lipinski definition) is 3. The zero-order valence-corrected chi connectivity index (χ0v) is 10.0. The number of hydrogen-bond donors (Lipinski definition) is 2. The molecule has 0 aliphatic carbocycles. The lowest BCUT2D eigenvalue weighted by Gasteiger charge is -2.08. The van der Waals surface area contributed by atoms with Gasteiger partial charge in [0.2, 0.25) is 0 Å². The molecule has 82 valence electrons. The van der Waals surface area contributed by atoms with Gasteiger partial charge in [-0.1, -0.05) is 15.9 Å². The zero-order chi connectivity index (χ0) is 11.3. The molecular formula is C10H13BrN2O2. The zero-order valence-electron chi connectivity index (χ0n) is 8.42. The summed E-state index contributed by atoms with van der Waals surface area (Å²) < 4.78 is 5.92. The summed E-state index contributed by atoms with van der Waals surface area (Å²) in [6.45, 7) is 0.872. The van der Waals surface area contributed by atoms with Gasteiger partial charge in [-0.05, 0) is 18.2 Å². The molecule has 1 amide bonds. The van der Waals surface area contributed by atoms with Crippen LogP contribution in [0.4, 0.5) is 0 Å². The fraction of sp³-hybridized carbons (Fsp3) is 0.300. The number of benzene rings is 1. The number of amides is 1. The molecule has 1 rings (SSSR count). The van der Waals surface area contributed by atoms with Gasteiger partial charge >= 0.3 is 0 Å². The fourth-order valence-electron chi connectivity index (χ4n) is 1.14. The molecule has 0 atom stereocenters. The number of nitrogens with two attached hydrogens (primary N) is 1. The van der Waals surface area contributed by atoms with Crippen LogP contribution in [0.3, 0.4) is 0 Å². The van der Waals surface area contributed by atoms with Gasteiger partial charge in [0.1, 0.15) is 5.75 Å². The lowest BCUT2D eigenvalue weighted by Crippen LogP contribution is -2.29. The van der Waals surface area contributed by atoms with E-state index in [9.17, 15) is 4.79 Å². The van der Waals surface area contributed by atoms with E-state index in [1.54, 1.807) is 12.1 Å². The Kier molecular flexibility index (Phi) is 4.58. The highest BCUT2D eigenvalue weighted by Gasteiger charge is 2.11. The first-order chi connectivity index (χ1) is 7.19. The number of nitrogens with one attached hydrogen (secondary N) is 1. The third-order valence-electron chi connectivity index (χ3n) is 1.84. The number of carbonyl (C=O) groups is 1. The molecule has 0 bridgehead atoms. The van der Waals surface area contributed by atoms with Crippen molar-refractivity contribution in [3.63, 3.8) is 0 Å². The standard InChI is InChI=1S/C10H13BrN2O2/c1-15-9-3-2-7(11)6-8(9)10(14)13-5-4-12/h2-3,6H,4-5,12H2,1H3,(H,13,14). The van der Waals surface area contributed by atoms with Gasteiger partial charge in [0, 0.05) is 17.6 Å². The number of methoxy groups -OCH3 is 1. The first-order valence-corrected chi connectivity index (χ1v) is 5.30. The molecule has 1 aromatic rings. The van der Waals surface area contributed by atoms with Crippen LogP contribution in [0.5, 0.6) is 5.75 Å². The predicted octanol–water partition coefficient (Wildman–Crippen LogP) is 1.15. The van der Waals surface area contributed by atoms with Crippen molar-refractivity contribution in [3.05, 3.63) is 28.2 Å². The summed E-state index contributed by atoms with van der Waals surface area (Å²) in [5, 5.41) is 2.69.